The summed E-state index contributed by atoms with van der Waals surface area (Å²) in [7, 11) is 0. The fraction of sp³-hybridized carbons (Fsp3) is 0.292. The third kappa shape index (κ3) is 4.07. The van der Waals surface area contributed by atoms with Crippen LogP contribution in [0, 0.1) is 11.3 Å². The SMILES string of the molecule is CCN1c2ccc(/C=C(\C#N)c3ccc(C(F)(F)F)cc3)cc2C(C)=CC1(C)C. The molecule has 0 aromatic heterocycles. The highest BCUT2D eigenvalue weighted by Gasteiger charge is 2.31. The van der Waals surface area contributed by atoms with Crippen molar-refractivity contribution in [1.29, 1.82) is 5.26 Å². The standard InChI is InChI=1S/C24H23F3N2/c1-5-29-22-11-6-17(13-21(22)16(2)14-23(29,3)4)12-19(15-28)18-7-9-20(10-8-18)24(25,26)27/h6-14H,5H2,1-4H3/b19-12+. The largest absolute Gasteiger partial charge is 0.416 e. The van der Waals surface area contributed by atoms with E-state index in [-0.39, 0.29) is 5.54 Å². The van der Waals surface area contributed by atoms with E-state index in [1.54, 1.807) is 6.08 Å². The molecule has 1 aliphatic rings. The molecule has 0 spiro atoms. The number of allylic oxidation sites excluding steroid dienone is 2. The predicted octanol–water partition coefficient (Wildman–Crippen LogP) is 6.79. The second-order valence-corrected chi connectivity index (χ2v) is 7.75. The Morgan fingerprint density at radius 3 is 2.34 bits per heavy atom. The fourth-order valence-electron chi connectivity index (χ4n) is 3.95. The van der Waals surface area contributed by atoms with Crippen molar-refractivity contribution in [2.45, 2.75) is 39.4 Å². The van der Waals surface area contributed by atoms with Crippen molar-refractivity contribution in [2.75, 3.05) is 11.4 Å². The monoisotopic (exact) mass is 396 g/mol. The molecule has 0 N–H and O–H groups in total. The Balaban J connectivity index is 2.00. The lowest BCUT2D eigenvalue weighted by molar-refractivity contribution is -0.137. The second kappa shape index (κ2) is 7.44. The van der Waals surface area contributed by atoms with E-state index in [9.17, 15) is 18.4 Å². The lowest BCUT2D eigenvalue weighted by atomic mass is 9.88. The molecule has 29 heavy (non-hydrogen) atoms. The molecule has 150 valence electrons. The molecule has 2 aromatic rings. The highest BCUT2D eigenvalue weighted by molar-refractivity contribution is 5.91. The van der Waals surface area contributed by atoms with Gasteiger partial charge in [0.1, 0.15) is 0 Å². The third-order valence-electron chi connectivity index (χ3n) is 5.27. The second-order valence-electron chi connectivity index (χ2n) is 7.75. The Morgan fingerprint density at radius 1 is 1.14 bits per heavy atom. The zero-order valence-electron chi connectivity index (χ0n) is 16.9. The number of hydrogen-bond acceptors (Lipinski definition) is 2. The van der Waals surface area contributed by atoms with Gasteiger partial charge < -0.3 is 4.90 Å². The van der Waals surface area contributed by atoms with Crippen molar-refractivity contribution in [3.63, 3.8) is 0 Å². The molecule has 2 nitrogen and oxygen atoms in total. The van der Waals surface area contributed by atoms with Gasteiger partial charge in [0.2, 0.25) is 0 Å². The highest BCUT2D eigenvalue weighted by atomic mass is 19.4. The molecule has 2 aromatic carbocycles. The van der Waals surface area contributed by atoms with E-state index in [1.807, 2.05) is 18.2 Å². The number of alkyl halides is 3. The average molecular weight is 396 g/mol. The third-order valence-corrected chi connectivity index (χ3v) is 5.27. The number of likely N-dealkylation sites (N-methyl/N-ethyl adjacent to an activating group) is 1. The van der Waals surface area contributed by atoms with Crippen LogP contribution in [0.4, 0.5) is 18.9 Å². The van der Waals surface area contributed by atoms with Crippen molar-refractivity contribution in [2.24, 2.45) is 0 Å². The van der Waals surface area contributed by atoms with Gasteiger partial charge in [-0.25, -0.2) is 0 Å². The molecule has 0 unspecified atom stereocenters. The molecule has 5 heteroatoms. The molecule has 0 radical (unpaired) electrons. The van der Waals surface area contributed by atoms with Crippen molar-refractivity contribution in [3.8, 4) is 6.07 Å². The van der Waals surface area contributed by atoms with Crippen LogP contribution in [0.1, 0.15) is 49.9 Å². The molecule has 0 atom stereocenters. The van der Waals surface area contributed by atoms with Crippen LogP contribution in [0.5, 0.6) is 0 Å². The minimum Gasteiger partial charge on any atom is -0.363 e. The molecule has 1 aliphatic heterocycles. The summed E-state index contributed by atoms with van der Waals surface area (Å²) in [4.78, 5) is 2.32. The van der Waals surface area contributed by atoms with Gasteiger partial charge in [0.15, 0.2) is 0 Å². The summed E-state index contributed by atoms with van der Waals surface area (Å²) in [5, 5.41) is 9.55. The Labute approximate surface area is 169 Å². The molecule has 0 saturated heterocycles. The summed E-state index contributed by atoms with van der Waals surface area (Å²) >= 11 is 0. The van der Waals surface area contributed by atoms with Gasteiger partial charge >= 0.3 is 6.18 Å². The first-order valence-corrected chi connectivity index (χ1v) is 9.48. The van der Waals surface area contributed by atoms with Crippen molar-refractivity contribution >= 4 is 22.9 Å². The zero-order valence-corrected chi connectivity index (χ0v) is 16.9. The number of nitriles is 1. The number of rotatable bonds is 3. The quantitative estimate of drug-likeness (QED) is 0.422. The first kappa shape index (κ1) is 20.7. The normalized spacial score (nSPS) is 16.1. The molecule has 3 rings (SSSR count). The van der Waals surface area contributed by atoms with Crippen LogP contribution in [0.3, 0.4) is 0 Å². The number of anilines is 1. The Morgan fingerprint density at radius 2 is 1.79 bits per heavy atom. The van der Waals surface area contributed by atoms with E-state index in [0.29, 0.717) is 11.1 Å². The smallest absolute Gasteiger partial charge is 0.363 e. The molecule has 0 aliphatic carbocycles. The Bertz CT molecular complexity index is 1020. The van der Waals surface area contributed by atoms with Gasteiger partial charge in [-0.2, -0.15) is 18.4 Å². The Hall–Kier alpha value is -3.00. The van der Waals surface area contributed by atoms with Crippen LogP contribution in [0.15, 0.2) is 48.5 Å². The summed E-state index contributed by atoms with van der Waals surface area (Å²) in [5.74, 6) is 0. The van der Waals surface area contributed by atoms with Crippen molar-refractivity contribution in [3.05, 3.63) is 70.8 Å². The predicted molar refractivity (Wildman–Crippen MR) is 112 cm³/mol. The summed E-state index contributed by atoms with van der Waals surface area (Å²) in [6.07, 6.45) is -0.448. The zero-order chi connectivity index (χ0) is 21.4. The minimum absolute atomic E-state index is 0.0821. The van der Waals surface area contributed by atoms with Gasteiger partial charge in [-0.05, 0) is 74.7 Å². The highest BCUT2D eigenvalue weighted by Crippen LogP contribution is 2.39. The van der Waals surface area contributed by atoms with Crippen LogP contribution in [0.25, 0.3) is 17.2 Å². The number of nitrogens with zero attached hydrogens (tertiary/aromatic N) is 2. The number of halogens is 3. The molecular weight excluding hydrogens is 373 g/mol. The minimum atomic E-state index is -4.39. The molecule has 0 bridgehead atoms. The van der Waals surface area contributed by atoms with Crippen LogP contribution in [0.2, 0.25) is 0 Å². The van der Waals surface area contributed by atoms with Gasteiger partial charge in [0.05, 0.1) is 22.7 Å². The molecular formula is C24H23F3N2. The Kier molecular flexibility index (Phi) is 5.32. The number of fused-ring (bicyclic) bond motifs is 1. The van der Waals surface area contributed by atoms with E-state index in [0.717, 1.165) is 41.1 Å². The van der Waals surface area contributed by atoms with Gasteiger partial charge in [0.25, 0.3) is 0 Å². The van der Waals surface area contributed by atoms with E-state index in [1.165, 1.54) is 12.1 Å². The lowest BCUT2D eigenvalue weighted by Crippen LogP contribution is -2.44. The van der Waals surface area contributed by atoms with E-state index >= 15 is 0 Å². The van der Waals surface area contributed by atoms with E-state index < -0.39 is 11.7 Å². The van der Waals surface area contributed by atoms with Crippen LogP contribution >= 0.6 is 0 Å². The van der Waals surface area contributed by atoms with Gasteiger partial charge in [-0.15, -0.1) is 0 Å². The number of hydrogen-bond donors (Lipinski definition) is 0. The van der Waals surface area contributed by atoms with Gasteiger partial charge in [-0.3, -0.25) is 0 Å². The molecule has 0 amide bonds. The maximum Gasteiger partial charge on any atom is 0.416 e. The maximum absolute atomic E-state index is 12.8. The summed E-state index contributed by atoms with van der Waals surface area (Å²) in [6.45, 7) is 9.41. The van der Waals surface area contributed by atoms with E-state index in [2.05, 4.69) is 44.7 Å². The molecule has 1 heterocycles. The van der Waals surface area contributed by atoms with Crippen molar-refractivity contribution in [1.82, 2.24) is 0 Å². The molecule has 0 saturated carbocycles. The molecule has 0 fully saturated rings. The van der Waals surface area contributed by atoms with Crippen LogP contribution in [-0.2, 0) is 6.18 Å². The summed E-state index contributed by atoms with van der Waals surface area (Å²) < 4.78 is 38.3. The first-order valence-electron chi connectivity index (χ1n) is 9.48. The summed E-state index contributed by atoms with van der Waals surface area (Å²) in [5.41, 5.74) is 4.22. The maximum atomic E-state index is 12.8. The van der Waals surface area contributed by atoms with Crippen LogP contribution < -0.4 is 4.90 Å². The van der Waals surface area contributed by atoms with E-state index in [4.69, 9.17) is 0 Å². The van der Waals surface area contributed by atoms with Gasteiger partial charge in [-0.1, -0.05) is 24.3 Å². The van der Waals surface area contributed by atoms with Crippen molar-refractivity contribution < 1.29 is 13.2 Å². The van der Waals surface area contributed by atoms with Gasteiger partial charge in [0, 0.05) is 17.8 Å². The van der Waals surface area contributed by atoms with Crippen LogP contribution in [-0.4, -0.2) is 12.1 Å². The lowest BCUT2D eigenvalue weighted by Gasteiger charge is -2.42. The first-order chi connectivity index (χ1) is 13.6. The number of benzene rings is 2. The summed E-state index contributed by atoms with van der Waals surface area (Å²) in [6, 6.07) is 12.8. The fourth-order valence-corrected chi connectivity index (χ4v) is 3.95. The average Bonchev–Trinajstić information content (AvgIpc) is 2.65. The topological polar surface area (TPSA) is 27.0 Å².